The van der Waals surface area contributed by atoms with E-state index in [1.165, 1.54) is 18.2 Å². The quantitative estimate of drug-likeness (QED) is 0.819. The number of rotatable bonds is 2. The lowest BCUT2D eigenvalue weighted by atomic mass is 10.1. The highest BCUT2D eigenvalue weighted by atomic mass is 19.1. The van der Waals surface area contributed by atoms with Gasteiger partial charge in [-0.25, -0.2) is 4.39 Å². The molecule has 2 rings (SSSR count). The molecule has 0 saturated carbocycles. The van der Waals surface area contributed by atoms with Crippen LogP contribution in [-0.4, -0.2) is 11.0 Å². The monoisotopic (exact) mass is 273 g/mol. The van der Waals surface area contributed by atoms with E-state index >= 15 is 0 Å². The first-order chi connectivity index (χ1) is 9.38. The average Bonchev–Trinajstić information content (AvgIpc) is 2.35. The molecule has 2 N–H and O–H groups in total. The van der Waals surface area contributed by atoms with E-state index in [0.29, 0.717) is 22.4 Å². The molecule has 3 nitrogen and oxygen atoms in total. The summed E-state index contributed by atoms with van der Waals surface area (Å²) in [6.07, 6.45) is 0. The lowest BCUT2D eigenvalue weighted by Gasteiger charge is -2.12. The van der Waals surface area contributed by atoms with E-state index in [1.54, 1.807) is 32.9 Å². The van der Waals surface area contributed by atoms with E-state index in [9.17, 15) is 14.3 Å². The average molecular weight is 273 g/mol. The van der Waals surface area contributed by atoms with Crippen LogP contribution in [0.3, 0.4) is 0 Å². The summed E-state index contributed by atoms with van der Waals surface area (Å²) < 4.78 is 13.0. The number of aromatic hydroxyl groups is 1. The Balaban J connectivity index is 2.30. The number of halogens is 1. The minimum atomic E-state index is -0.365. The Kier molecular flexibility index (Phi) is 3.74. The topological polar surface area (TPSA) is 49.3 Å². The first kappa shape index (κ1) is 14.1. The summed E-state index contributed by atoms with van der Waals surface area (Å²) in [4.78, 5) is 12.2. The highest BCUT2D eigenvalue weighted by Gasteiger charge is 2.12. The molecule has 0 atom stereocenters. The maximum absolute atomic E-state index is 13.0. The minimum Gasteiger partial charge on any atom is -0.508 e. The lowest BCUT2D eigenvalue weighted by molar-refractivity contribution is 0.102. The molecule has 0 heterocycles. The largest absolute Gasteiger partial charge is 0.508 e. The third kappa shape index (κ3) is 2.79. The van der Waals surface area contributed by atoms with E-state index in [4.69, 9.17) is 0 Å². The zero-order valence-corrected chi connectivity index (χ0v) is 11.6. The van der Waals surface area contributed by atoms with Crippen LogP contribution in [-0.2, 0) is 0 Å². The first-order valence-electron chi connectivity index (χ1n) is 6.26. The van der Waals surface area contributed by atoms with Gasteiger partial charge in [0.25, 0.3) is 5.91 Å². The summed E-state index contributed by atoms with van der Waals surface area (Å²) in [5, 5.41) is 12.4. The Morgan fingerprint density at radius 1 is 1.05 bits per heavy atom. The number of aryl methyl sites for hydroxylation is 3. The molecule has 0 fully saturated rings. The Hall–Kier alpha value is -2.36. The highest BCUT2D eigenvalue weighted by Crippen LogP contribution is 2.25. The van der Waals surface area contributed by atoms with Crippen molar-refractivity contribution in [3.8, 4) is 5.75 Å². The predicted octanol–water partition coefficient (Wildman–Crippen LogP) is 3.71. The van der Waals surface area contributed by atoms with Gasteiger partial charge >= 0.3 is 0 Å². The number of nitrogens with one attached hydrogen (secondary N) is 1. The van der Waals surface area contributed by atoms with Gasteiger partial charge in [-0.2, -0.15) is 0 Å². The Labute approximate surface area is 117 Å². The number of anilines is 1. The standard InChI is InChI=1S/C16H16FNO2/c1-9-6-12(17)4-5-13(9)16(20)18-14-7-11(3)15(19)8-10(14)2/h4-8,19H,1-3H3,(H,18,20). The van der Waals surface area contributed by atoms with E-state index in [2.05, 4.69) is 5.32 Å². The van der Waals surface area contributed by atoms with Gasteiger partial charge in [0, 0.05) is 11.3 Å². The van der Waals surface area contributed by atoms with Crippen LogP contribution < -0.4 is 5.32 Å². The lowest BCUT2D eigenvalue weighted by Crippen LogP contribution is -2.14. The van der Waals surface area contributed by atoms with Crippen LogP contribution in [0, 0.1) is 26.6 Å². The van der Waals surface area contributed by atoms with Gasteiger partial charge in [0.1, 0.15) is 11.6 Å². The molecule has 20 heavy (non-hydrogen) atoms. The van der Waals surface area contributed by atoms with Crippen LogP contribution in [0.25, 0.3) is 0 Å². The van der Waals surface area contributed by atoms with Crippen LogP contribution in [0.1, 0.15) is 27.0 Å². The Bertz CT molecular complexity index is 680. The molecular weight excluding hydrogens is 257 g/mol. The van der Waals surface area contributed by atoms with Crippen LogP contribution in [0.5, 0.6) is 5.75 Å². The van der Waals surface area contributed by atoms with Gasteiger partial charge in [-0.05, 0) is 67.8 Å². The molecule has 0 unspecified atom stereocenters. The van der Waals surface area contributed by atoms with Gasteiger partial charge in [0.05, 0.1) is 0 Å². The molecule has 0 aliphatic heterocycles. The third-order valence-corrected chi connectivity index (χ3v) is 3.22. The zero-order valence-electron chi connectivity index (χ0n) is 11.6. The fourth-order valence-electron chi connectivity index (χ4n) is 2.01. The van der Waals surface area contributed by atoms with Gasteiger partial charge < -0.3 is 10.4 Å². The van der Waals surface area contributed by atoms with E-state index in [-0.39, 0.29) is 17.5 Å². The van der Waals surface area contributed by atoms with E-state index < -0.39 is 0 Å². The van der Waals surface area contributed by atoms with Gasteiger partial charge in [0.15, 0.2) is 0 Å². The highest BCUT2D eigenvalue weighted by molar-refractivity contribution is 6.05. The molecule has 0 aromatic heterocycles. The van der Waals surface area contributed by atoms with Crippen molar-refractivity contribution in [2.75, 3.05) is 5.32 Å². The summed E-state index contributed by atoms with van der Waals surface area (Å²) in [6.45, 7) is 5.24. The van der Waals surface area contributed by atoms with Gasteiger partial charge in [0.2, 0.25) is 0 Å². The SMILES string of the molecule is Cc1cc(NC(=O)c2ccc(F)cc2C)c(C)cc1O. The smallest absolute Gasteiger partial charge is 0.255 e. The van der Waals surface area contributed by atoms with Crippen LogP contribution in [0.4, 0.5) is 10.1 Å². The van der Waals surface area contributed by atoms with Crippen LogP contribution in [0.2, 0.25) is 0 Å². The Morgan fingerprint density at radius 3 is 2.40 bits per heavy atom. The summed E-state index contributed by atoms with van der Waals surface area (Å²) in [6, 6.07) is 7.35. The summed E-state index contributed by atoms with van der Waals surface area (Å²) in [7, 11) is 0. The second-order valence-electron chi connectivity index (χ2n) is 4.87. The number of carbonyl (C=O) groups is 1. The number of benzene rings is 2. The molecular formula is C16H16FNO2. The van der Waals surface area contributed by atoms with Crippen molar-refractivity contribution in [3.63, 3.8) is 0 Å². The number of hydrogen-bond donors (Lipinski definition) is 2. The third-order valence-electron chi connectivity index (χ3n) is 3.22. The first-order valence-corrected chi connectivity index (χ1v) is 6.26. The second kappa shape index (κ2) is 5.33. The fourth-order valence-corrected chi connectivity index (χ4v) is 2.01. The minimum absolute atomic E-state index is 0.193. The van der Waals surface area contributed by atoms with Crippen molar-refractivity contribution < 1.29 is 14.3 Å². The molecule has 1 amide bonds. The molecule has 0 spiro atoms. The van der Waals surface area contributed by atoms with Crippen molar-refractivity contribution in [1.29, 1.82) is 0 Å². The maximum Gasteiger partial charge on any atom is 0.255 e. The zero-order chi connectivity index (χ0) is 14.9. The normalized spacial score (nSPS) is 10.4. The van der Waals surface area contributed by atoms with Gasteiger partial charge in [-0.15, -0.1) is 0 Å². The van der Waals surface area contributed by atoms with Crippen LogP contribution in [0.15, 0.2) is 30.3 Å². The van der Waals surface area contributed by atoms with Crippen molar-refractivity contribution in [1.82, 2.24) is 0 Å². The van der Waals surface area contributed by atoms with Crippen molar-refractivity contribution in [2.45, 2.75) is 20.8 Å². The van der Waals surface area contributed by atoms with E-state index in [0.717, 1.165) is 5.56 Å². The predicted molar refractivity (Wildman–Crippen MR) is 76.7 cm³/mol. The van der Waals surface area contributed by atoms with Crippen LogP contribution >= 0.6 is 0 Å². The van der Waals surface area contributed by atoms with Gasteiger partial charge in [-0.1, -0.05) is 0 Å². The summed E-state index contributed by atoms with van der Waals surface area (Å²) in [5.41, 5.74) is 3.09. The molecule has 0 aliphatic rings. The molecule has 2 aromatic rings. The molecule has 0 bridgehead atoms. The second-order valence-corrected chi connectivity index (χ2v) is 4.87. The molecule has 4 heteroatoms. The molecule has 0 radical (unpaired) electrons. The number of amides is 1. The molecule has 2 aromatic carbocycles. The van der Waals surface area contributed by atoms with E-state index in [1.807, 2.05) is 0 Å². The fraction of sp³-hybridized carbons (Fsp3) is 0.188. The van der Waals surface area contributed by atoms with Crippen molar-refractivity contribution in [2.24, 2.45) is 0 Å². The number of hydrogen-bond acceptors (Lipinski definition) is 2. The number of phenols is 1. The summed E-state index contributed by atoms with van der Waals surface area (Å²) in [5.74, 6) is -0.468. The van der Waals surface area contributed by atoms with Gasteiger partial charge in [-0.3, -0.25) is 4.79 Å². The molecule has 0 saturated heterocycles. The summed E-state index contributed by atoms with van der Waals surface area (Å²) >= 11 is 0. The Morgan fingerprint density at radius 2 is 1.75 bits per heavy atom. The van der Waals surface area contributed by atoms with Crippen molar-refractivity contribution in [3.05, 3.63) is 58.4 Å². The molecule has 0 aliphatic carbocycles. The number of phenolic OH excluding ortho intramolecular Hbond substituents is 1. The number of carbonyl (C=O) groups excluding carboxylic acids is 1. The van der Waals surface area contributed by atoms with Crippen molar-refractivity contribution >= 4 is 11.6 Å². The maximum atomic E-state index is 13.0. The molecule has 104 valence electrons.